The van der Waals surface area contributed by atoms with Crippen LogP contribution in [0.3, 0.4) is 0 Å². The molecule has 0 saturated heterocycles. The minimum atomic E-state index is 0.503. The van der Waals surface area contributed by atoms with Gasteiger partial charge >= 0.3 is 0 Å². The highest BCUT2D eigenvalue weighted by Gasteiger charge is 2.24. The van der Waals surface area contributed by atoms with E-state index in [1.54, 1.807) is 12.3 Å². The number of H-pyrrole nitrogens is 1. The Balaban J connectivity index is 1.27. The normalized spacial score (nSPS) is 13.8. The third-order valence-electron chi connectivity index (χ3n) is 5.17. The van der Waals surface area contributed by atoms with Crippen molar-refractivity contribution >= 4 is 28.5 Å². The average Bonchev–Trinajstić information content (AvgIpc) is 3.51. The fourth-order valence-electron chi connectivity index (χ4n) is 3.42. The van der Waals surface area contributed by atoms with E-state index in [4.69, 9.17) is 11.6 Å². The molecule has 0 spiro atoms. The van der Waals surface area contributed by atoms with Crippen LogP contribution < -0.4 is 5.32 Å². The lowest BCUT2D eigenvalue weighted by atomic mass is 10.0. The summed E-state index contributed by atoms with van der Waals surface area (Å²) >= 11 is 5.82. The van der Waals surface area contributed by atoms with E-state index in [1.165, 1.54) is 34.9 Å². The molecule has 4 aromatic rings. The van der Waals surface area contributed by atoms with Crippen LogP contribution in [0, 0.1) is 0 Å². The predicted octanol–water partition coefficient (Wildman–Crippen LogP) is 5.09. The van der Waals surface area contributed by atoms with E-state index in [0.29, 0.717) is 17.6 Å². The van der Waals surface area contributed by atoms with Crippen LogP contribution in [0.25, 0.3) is 11.0 Å². The van der Waals surface area contributed by atoms with Gasteiger partial charge in [0.25, 0.3) is 0 Å². The highest BCUT2D eigenvalue weighted by molar-refractivity contribution is 6.29. The van der Waals surface area contributed by atoms with Gasteiger partial charge in [-0.05, 0) is 59.2 Å². The molecule has 1 aliphatic rings. The number of hydrogen-bond donors (Lipinski definition) is 2. The molecular weight excluding hydrogens is 370 g/mol. The summed E-state index contributed by atoms with van der Waals surface area (Å²) in [4.78, 5) is 16.5. The zero-order valence-corrected chi connectivity index (χ0v) is 16.1. The monoisotopic (exact) mass is 389 g/mol. The maximum absolute atomic E-state index is 5.82. The molecule has 4 aromatic heterocycles. The van der Waals surface area contributed by atoms with E-state index in [2.05, 4.69) is 43.6 Å². The van der Waals surface area contributed by atoms with E-state index in [1.807, 2.05) is 24.5 Å². The van der Waals surface area contributed by atoms with E-state index in [9.17, 15) is 0 Å². The van der Waals surface area contributed by atoms with Crippen molar-refractivity contribution in [2.45, 2.75) is 31.7 Å². The van der Waals surface area contributed by atoms with Gasteiger partial charge in [-0.2, -0.15) is 0 Å². The van der Waals surface area contributed by atoms with Crippen molar-refractivity contribution in [3.05, 3.63) is 82.5 Å². The smallest absolute Gasteiger partial charge is 0.137 e. The maximum Gasteiger partial charge on any atom is 0.137 e. The Labute approximate surface area is 168 Å². The Hall–Kier alpha value is -2.92. The summed E-state index contributed by atoms with van der Waals surface area (Å²) < 4.78 is 0. The zero-order chi connectivity index (χ0) is 18.9. The van der Waals surface area contributed by atoms with Gasteiger partial charge in [0.1, 0.15) is 16.6 Å². The highest BCUT2D eigenvalue weighted by atomic mass is 35.5. The first-order valence-corrected chi connectivity index (χ1v) is 9.87. The van der Waals surface area contributed by atoms with Gasteiger partial charge in [0.2, 0.25) is 0 Å². The van der Waals surface area contributed by atoms with Gasteiger partial charge in [-0.25, -0.2) is 15.0 Å². The first-order chi connectivity index (χ1) is 13.7. The van der Waals surface area contributed by atoms with E-state index < -0.39 is 0 Å². The standard InChI is InChI=1S/C22H20ClN5/c23-20-5-1-15(10-24-20)11-26-21-6-2-14(9-25-21)7-18-13-28-22-19(18)8-17(12-27-22)16-3-4-16/h1-2,5-6,8-10,12-13,16H,3-4,7,11H2,(H,25,26)(H,27,28). The summed E-state index contributed by atoms with van der Waals surface area (Å²) in [5, 5.41) is 5.04. The van der Waals surface area contributed by atoms with Gasteiger partial charge < -0.3 is 10.3 Å². The molecule has 0 aliphatic heterocycles. The van der Waals surface area contributed by atoms with Crippen LogP contribution in [-0.4, -0.2) is 19.9 Å². The average molecular weight is 390 g/mol. The third-order valence-corrected chi connectivity index (χ3v) is 5.39. The molecule has 6 heteroatoms. The second kappa shape index (κ2) is 7.24. The summed E-state index contributed by atoms with van der Waals surface area (Å²) in [6.07, 6.45) is 11.2. The van der Waals surface area contributed by atoms with Gasteiger partial charge in [-0.3, -0.25) is 0 Å². The number of aromatic nitrogens is 4. The van der Waals surface area contributed by atoms with E-state index in [0.717, 1.165) is 23.4 Å². The molecule has 1 saturated carbocycles. The first kappa shape index (κ1) is 17.2. The summed E-state index contributed by atoms with van der Waals surface area (Å²) in [6, 6.07) is 10.2. The van der Waals surface area contributed by atoms with E-state index >= 15 is 0 Å². The van der Waals surface area contributed by atoms with Crippen molar-refractivity contribution in [2.24, 2.45) is 0 Å². The van der Waals surface area contributed by atoms with Crippen molar-refractivity contribution in [1.82, 2.24) is 19.9 Å². The number of halogens is 1. The van der Waals surface area contributed by atoms with Crippen LogP contribution in [-0.2, 0) is 13.0 Å². The predicted molar refractivity (Wildman–Crippen MR) is 112 cm³/mol. The van der Waals surface area contributed by atoms with Crippen molar-refractivity contribution in [2.75, 3.05) is 5.32 Å². The second-order valence-corrected chi connectivity index (χ2v) is 7.71. The maximum atomic E-state index is 5.82. The molecule has 0 amide bonds. The van der Waals surface area contributed by atoms with Gasteiger partial charge in [0, 0.05) is 43.1 Å². The molecule has 0 aromatic carbocycles. The summed E-state index contributed by atoms with van der Waals surface area (Å²) in [7, 11) is 0. The number of anilines is 1. The van der Waals surface area contributed by atoms with Crippen molar-refractivity contribution < 1.29 is 0 Å². The fourth-order valence-corrected chi connectivity index (χ4v) is 3.53. The Morgan fingerprint density at radius 1 is 1.00 bits per heavy atom. The largest absolute Gasteiger partial charge is 0.366 e. The Morgan fingerprint density at radius 2 is 1.86 bits per heavy atom. The zero-order valence-electron chi connectivity index (χ0n) is 15.3. The number of hydrogen-bond acceptors (Lipinski definition) is 4. The van der Waals surface area contributed by atoms with Crippen LogP contribution in [0.4, 0.5) is 5.82 Å². The summed E-state index contributed by atoms with van der Waals surface area (Å²) in [5.74, 6) is 1.55. The number of nitrogens with one attached hydrogen (secondary N) is 2. The SMILES string of the molecule is Clc1ccc(CNc2ccc(Cc3c[nH]c4ncc(C5CC5)cc34)cn2)cn1. The minimum absolute atomic E-state index is 0.503. The molecular formula is C22H20ClN5. The molecule has 5 rings (SSSR count). The topological polar surface area (TPSA) is 66.5 Å². The lowest BCUT2D eigenvalue weighted by Gasteiger charge is -2.07. The minimum Gasteiger partial charge on any atom is -0.366 e. The Bertz CT molecular complexity index is 1100. The van der Waals surface area contributed by atoms with E-state index in [-0.39, 0.29) is 0 Å². The summed E-state index contributed by atoms with van der Waals surface area (Å²) in [6.45, 7) is 0.661. The van der Waals surface area contributed by atoms with Crippen LogP contribution in [0.15, 0.2) is 55.1 Å². The Kier molecular flexibility index (Phi) is 4.45. The number of pyridine rings is 3. The molecule has 5 nitrogen and oxygen atoms in total. The lowest BCUT2D eigenvalue weighted by Crippen LogP contribution is -2.02. The number of fused-ring (bicyclic) bond motifs is 1. The number of rotatable bonds is 6. The molecule has 0 unspecified atom stereocenters. The number of aromatic amines is 1. The molecule has 28 heavy (non-hydrogen) atoms. The van der Waals surface area contributed by atoms with Crippen molar-refractivity contribution in [3.8, 4) is 0 Å². The fraction of sp³-hybridized carbons (Fsp3) is 0.227. The van der Waals surface area contributed by atoms with Crippen LogP contribution in [0.2, 0.25) is 5.15 Å². The second-order valence-electron chi connectivity index (χ2n) is 7.32. The molecule has 1 fully saturated rings. The molecule has 4 heterocycles. The molecule has 0 bridgehead atoms. The quantitative estimate of drug-likeness (QED) is 0.451. The lowest BCUT2D eigenvalue weighted by molar-refractivity contribution is 1.07. The van der Waals surface area contributed by atoms with Gasteiger partial charge in [-0.1, -0.05) is 23.7 Å². The molecule has 2 N–H and O–H groups in total. The molecule has 1 aliphatic carbocycles. The van der Waals surface area contributed by atoms with Gasteiger partial charge in [0.05, 0.1) is 0 Å². The van der Waals surface area contributed by atoms with Crippen molar-refractivity contribution in [1.29, 1.82) is 0 Å². The highest BCUT2D eigenvalue weighted by Crippen LogP contribution is 2.40. The van der Waals surface area contributed by atoms with Crippen LogP contribution >= 0.6 is 11.6 Å². The van der Waals surface area contributed by atoms with Crippen molar-refractivity contribution in [3.63, 3.8) is 0 Å². The molecule has 0 radical (unpaired) electrons. The Morgan fingerprint density at radius 3 is 2.61 bits per heavy atom. The van der Waals surface area contributed by atoms with Crippen LogP contribution in [0.1, 0.15) is 41.0 Å². The first-order valence-electron chi connectivity index (χ1n) is 9.50. The van der Waals surface area contributed by atoms with Gasteiger partial charge in [-0.15, -0.1) is 0 Å². The van der Waals surface area contributed by atoms with Crippen LogP contribution in [0.5, 0.6) is 0 Å². The molecule has 140 valence electrons. The number of nitrogens with zero attached hydrogens (tertiary/aromatic N) is 3. The van der Waals surface area contributed by atoms with Gasteiger partial charge in [0.15, 0.2) is 0 Å². The summed E-state index contributed by atoms with van der Waals surface area (Å²) in [5.41, 5.74) is 5.83. The molecule has 0 atom stereocenters. The third kappa shape index (κ3) is 3.71.